The minimum atomic E-state index is -0.504. The Kier molecular flexibility index (Phi) is 4.34. The fourth-order valence-corrected chi connectivity index (χ4v) is 2.57. The molecule has 1 N–H and O–H groups in total. The van der Waals surface area contributed by atoms with E-state index in [4.69, 9.17) is 0 Å². The summed E-state index contributed by atoms with van der Waals surface area (Å²) in [6.07, 6.45) is 2.66. The minimum absolute atomic E-state index is 0.0697. The second-order valence-corrected chi connectivity index (χ2v) is 5.09. The molecule has 1 aromatic rings. The van der Waals surface area contributed by atoms with Gasteiger partial charge in [0.05, 0.1) is 17.6 Å². The van der Waals surface area contributed by atoms with Crippen molar-refractivity contribution in [1.29, 1.82) is 0 Å². The smallest absolute Gasteiger partial charge is 0.270 e. The first-order valence-corrected chi connectivity index (χ1v) is 6.71. The van der Waals surface area contributed by atoms with Gasteiger partial charge in [-0.1, -0.05) is 6.07 Å². The third kappa shape index (κ3) is 2.80. The Bertz CT molecular complexity index is 530. The van der Waals surface area contributed by atoms with Gasteiger partial charge in [0, 0.05) is 24.2 Å². The Morgan fingerprint density at radius 3 is 2.90 bits per heavy atom. The van der Waals surface area contributed by atoms with Gasteiger partial charge in [-0.15, -0.1) is 0 Å². The maximum Gasteiger partial charge on any atom is 0.270 e. The van der Waals surface area contributed by atoms with Crippen molar-refractivity contribution in [3.05, 3.63) is 39.4 Å². The van der Waals surface area contributed by atoms with Gasteiger partial charge >= 0.3 is 0 Å². The minimum Gasteiger partial charge on any atom is -0.394 e. The number of piperidine rings is 1. The van der Waals surface area contributed by atoms with E-state index in [0.717, 1.165) is 19.3 Å². The zero-order valence-electron chi connectivity index (χ0n) is 11.4. The van der Waals surface area contributed by atoms with E-state index in [9.17, 15) is 20.0 Å². The van der Waals surface area contributed by atoms with Crippen LogP contribution in [0.5, 0.6) is 0 Å². The van der Waals surface area contributed by atoms with Crippen molar-refractivity contribution in [3.8, 4) is 0 Å². The number of aryl methyl sites for hydroxylation is 1. The monoisotopic (exact) mass is 278 g/mol. The summed E-state index contributed by atoms with van der Waals surface area (Å²) in [5.41, 5.74) is 0.971. The number of non-ortho nitro benzene ring substituents is 1. The molecule has 1 fully saturated rings. The number of nitro benzene ring substituents is 1. The molecule has 1 unspecified atom stereocenters. The van der Waals surface area contributed by atoms with Gasteiger partial charge in [0.25, 0.3) is 11.6 Å². The molecular formula is C14H18N2O4. The molecule has 0 saturated carbocycles. The van der Waals surface area contributed by atoms with Crippen LogP contribution >= 0.6 is 0 Å². The van der Waals surface area contributed by atoms with Crippen LogP contribution in [0.3, 0.4) is 0 Å². The number of hydrogen-bond acceptors (Lipinski definition) is 4. The summed E-state index contributed by atoms with van der Waals surface area (Å²) in [5.74, 6) is -0.232. The highest BCUT2D eigenvalue weighted by atomic mass is 16.6. The van der Waals surface area contributed by atoms with Crippen molar-refractivity contribution < 1.29 is 14.8 Å². The number of aliphatic hydroxyl groups is 1. The molecule has 108 valence electrons. The Balaban J connectivity index is 2.32. The van der Waals surface area contributed by atoms with Crippen LogP contribution in [0, 0.1) is 17.0 Å². The van der Waals surface area contributed by atoms with Crippen LogP contribution < -0.4 is 0 Å². The average Bonchev–Trinajstić information content (AvgIpc) is 2.46. The largest absolute Gasteiger partial charge is 0.394 e. The third-order valence-corrected chi connectivity index (χ3v) is 3.76. The fourth-order valence-electron chi connectivity index (χ4n) is 2.57. The molecule has 1 atom stereocenters. The standard InChI is InChI=1S/C14H18N2O4/c1-10-5-6-11(16(19)20)8-13(10)14(18)15-7-3-2-4-12(15)9-17/h5-6,8,12,17H,2-4,7,9H2,1H3. The SMILES string of the molecule is Cc1ccc([N+](=O)[O-])cc1C(=O)N1CCCCC1CO. The molecule has 6 heteroatoms. The number of nitrogens with zero attached hydrogens (tertiary/aromatic N) is 2. The van der Waals surface area contributed by atoms with Gasteiger partial charge < -0.3 is 10.0 Å². The predicted octanol–water partition coefficient (Wildman–Crippen LogP) is 1.89. The van der Waals surface area contributed by atoms with E-state index in [0.29, 0.717) is 17.7 Å². The number of carbonyl (C=O) groups is 1. The zero-order valence-corrected chi connectivity index (χ0v) is 11.4. The van der Waals surface area contributed by atoms with Gasteiger partial charge in [0.15, 0.2) is 0 Å². The number of aliphatic hydroxyl groups excluding tert-OH is 1. The molecule has 0 aliphatic carbocycles. The molecule has 1 amide bonds. The summed E-state index contributed by atoms with van der Waals surface area (Å²) in [6.45, 7) is 2.28. The Morgan fingerprint density at radius 2 is 2.25 bits per heavy atom. The van der Waals surface area contributed by atoms with Crippen LogP contribution in [0.1, 0.15) is 35.2 Å². The lowest BCUT2D eigenvalue weighted by molar-refractivity contribution is -0.384. The summed E-state index contributed by atoms with van der Waals surface area (Å²) < 4.78 is 0. The lowest BCUT2D eigenvalue weighted by Gasteiger charge is -2.35. The van der Waals surface area contributed by atoms with E-state index in [1.54, 1.807) is 17.9 Å². The second-order valence-electron chi connectivity index (χ2n) is 5.09. The van der Waals surface area contributed by atoms with Gasteiger partial charge in [-0.25, -0.2) is 0 Å². The molecule has 0 bridgehead atoms. The predicted molar refractivity (Wildman–Crippen MR) is 73.6 cm³/mol. The molecule has 1 saturated heterocycles. The van der Waals surface area contributed by atoms with Gasteiger partial charge in [0.1, 0.15) is 0 Å². The maximum absolute atomic E-state index is 12.6. The lowest BCUT2D eigenvalue weighted by Crippen LogP contribution is -2.45. The second kappa shape index (κ2) is 6.00. The molecule has 1 aliphatic rings. The number of nitro groups is 1. The summed E-state index contributed by atoms with van der Waals surface area (Å²) in [7, 11) is 0. The lowest BCUT2D eigenvalue weighted by atomic mass is 9.99. The topological polar surface area (TPSA) is 83.7 Å². The van der Waals surface area contributed by atoms with Gasteiger partial charge in [-0.2, -0.15) is 0 Å². The van der Waals surface area contributed by atoms with Crippen LogP contribution in [0.25, 0.3) is 0 Å². The molecule has 1 aromatic carbocycles. The molecule has 0 radical (unpaired) electrons. The molecule has 2 rings (SSSR count). The Hall–Kier alpha value is -1.95. The first-order valence-electron chi connectivity index (χ1n) is 6.71. The van der Waals surface area contributed by atoms with E-state index >= 15 is 0 Å². The van der Waals surface area contributed by atoms with Crippen molar-refractivity contribution >= 4 is 11.6 Å². The molecule has 1 heterocycles. The molecular weight excluding hydrogens is 260 g/mol. The Labute approximate surface area is 117 Å². The van der Waals surface area contributed by atoms with Crippen LogP contribution in [-0.2, 0) is 0 Å². The molecule has 20 heavy (non-hydrogen) atoms. The highest BCUT2D eigenvalue weighted by molar-refractivity contribution is 5.96. The van der Waals surface area contributed by atoms with E-state index in [2.05, 4.69) is 0 Å². The van der Waals surface area contributed by atoms with E-state index in [1.165, 1.54) is 12.1 Å². The summed E-state index contributed by atoms with van der Waals surface area (Å²) in [6, 6.07) is 4.12. The summed E-state index contributed by atoms with van der Waals surface area (Å²) in [5, 5.41) is 20.2. The van der Waals surface area contributed by atoms with Crippen molar-refractivity contribution in [2.75, 3.05) is 13.2 Å². The summed E-state index contributed by atoms with van der Waals surface area (Å²) in [4.78, 5) is 24.5. The molecule has 0 aromatic heterocycles. The van der Waals surface area contributed by atoms with E-state index in [-0.39, 0.29) is 24.2 Å². The van der Waals surface area contributed by atoms with E-state index in [1.807, 2.05) is 0 Å². The average molecular weight is 278 g/mol. The van der Waals surface area contributed by atoms with Gasteiger partial charge in [0.2, 0.25) is 0 Å². The van der Waals surface area contributed by atoms with Gasteiger partial charge in [-0.05, 0) is 31.7 Å². The van der Waals surface area contributed by atoms with Crippen molar-refractivity contribution in [2.45, 2.75) is 32.2 Å². The van der Waals surface area contributed by atoms with E-state index < -0.39 is 4.92 Å². The quantitative estimate of drug-likeness (QED) is 0.676. The van der Waals surface area contributed by atoms with Crippen LogP contribution in [0.2, 0.25) is 0 Å². The number of carbonyl (C=O) groups excluding carboxylic acids is 1. The van der Waals surface area contributed by atoms with Crippen LogP contribution in [0.15, 0.2) is 18.2 Å². The highest BCUT2D eigenvalue weighted by Crippen LogP contribution is 2.23. The number of hydrogen-bond donors (Lipinski definition) is 1. The number of rotatable bonds is 3. The first-order chi connectivity index (χ1) is 9.54. The van der Waals surface area contributed by atoms with Crippen molar-refractivity contribution in [3.63, 3.8) is 0 Å². The first kappa shape index (κ1) is 14.5. The zero-order chi connectivity index (χ0) is 14.7. The maximum atomic E-state index is 12.6. The summed E-state index contributed by atoms with van der Waals surface area (Å²) >= 11 is 0. The van der Waals surface area contributed by atoms with Crippen LogP contribution in [0.4, 0.5) is 5.69 Å². The van der Waals surface area contributed by atoms with Crippen molar-refractivity contribution in [1.82, 2.24) is 4.90 Å². The Morgan fingerprint density at radius 1 is 1.50 bits per heavy atom. The number of likely N-dealkylation sites (tertiary alicyclic amines) is 1. The normalized spacial score (nSPS) is 18.9. The van der Waals surface area contributed by atoms with Crippen molar-refractivity contribution in [2.24, 2.45) is 0 Å². The molecule has 0 spiro atoms. The highest BCUT2D eigenvalue weighted by Gasteiger charge is 2.28. The van der Waals surface area contributed by atoms with Crippen LogP contribution in [-0.4, -0.2) is 40.0 Å². The number of benzene rings is 1. The van der Waals surface area contributed by atoms with Gasteiger partial charge in [-0.3, -0.25) is 14.9 Å². The number of amides is 1. The molecule has 6 nitrogen and oxygen atoms in total. The fraction of sp³-hybridized carbons (Fsp3) is 0.500. The third-order valence-electron chi connectivity index (χ3n) is 3.76. The molecule has 1 aliphatic heterocycles.